The van der Waals surface area contributed by atoms with Crippen LogP contribution in [-0.2, 0) is 21.4 Å². The zero-order chi connectivity index (χ0) is 26.8. The van der Waals surface area contributed by atoms with Crippen molar-refractivity contribution in [3.05, 3.63) is 41.6 Å². The Balaban J connectivity index is 1.47. The van der Waals surface area contributed by atoms with Crippen LogP contribution in [0.3, 0.4) is 0 Å². The van der Waals surface area contributed by atoms with Gasteiger partial charge in [0.25, 0.3) is 0 Å². The first-order valence-corrected chi connectivity index (χ1v) is 14.5. The molecule has 1 amide bonds. The van der Waals surface area contributed by atoms with Crippen LogP contribution >= 0.6 is 0 Å². The lowest BCUT2D eigenvalue weighted by atomic mass is 9.87. The average molecular weight is 533 g/mol. The van der Waals surface area contributed by atoms with Crippen LogP contribution in [0, 0.1) is 6.92 Å². The molecule has 202 valence electrons. The fourth-order valence-corrected chi connectivity index (χ4v) is 5.67. The quantitative estimate of drug-likeness (QED) is 0.531. The van der Waals surface area contributed by atoms with Gasteiger partial charge in [0, 0.05) is 56.2 Å². The van der Waals surface area contributed by atoms with Gasteiger partial charge in [-0.2, -0.15) is 4.68 Å². The highest BCUT2D eigenvalue weighted by molar-refractivity contribution is 7.92. The fraction of sp³-hybridized carbons (Fsp3) is 0.560. The number of hydrogen-bond donors (Lipinski definition) is 2. The van der Waals surface area contributed by atoms with Gasteiger partial charge in [-0.05, 0) is 56.7 Å². The summed E-state index contributed by atoms with van der Waals surface area (Å²) in [4.78, 5) is 30.9. The molecule has 2 fully saturated rings. The molecule has 0 atom stereocenters. The summed E-state index contributed by atoms with van der Waals surface area (Å²) in [7, 11) is -3.49. The summed E-state index contributed by atoms with van der Waals surface area (Å²) in [5.41, 5.74) is 3.08. The summed E-state index contributed by atoms with van der Waals surface area (Å²) in [6, 6.07) is 7.47. The summed E-state index contributed by atoms with van der Waals surface area (Å²) in [6.07, 6.45) is 5.98. The van der Waals surface area contributed by atoms with Crippen LogP contribution in [0.15, 0.2) is 30.5 Å². The maximum atomic E-state index is 13.0. The fourth-order valence-electron chi connectivity index (χ4n) is 5.18. The van der Waals surface area contributed by atoms with E-state index < -0.39 is 21.5 Å². The molecular weight excluding hydrogens is 496 g/mol. The van der Waals surface area contributed by atoms with Crippen molar-refractivity contribution >= 4 is 33.5 Å². The van der Waals surface area contributed by atoms with Gasteiger partial charge in [0.1, 0.15) is 0 Å². The third-order valence-corrected chi connectivity index (χ3v) is 7.90. The molecule has 0 saturated carbocycles. The Morgan fingerprint density at radius 1 is 1.14 bits per heavy atom. The minimum absolute atomic E-state index is 0.0808. The number of aliphatic carboxylic acids is 1. The van der Waals surface area contributed by atoms with E-state index in [9.17, 15) is 23.1 Å². The summed E-state index contributed by atoms with van der Waals surface area (Å²) < 4.78 is 26.2. The lowest BCUT2D eigenvalue weighted by Crippen LogP contribution is -2.56. The van der Waals surface area contributed by atoms with Crippen molar-refractivity contribution in [3.63, 3.8) is 0 Å². The van der Waals surface area contributed by atoms with Crippen molar-refractivity contribution < 1.29 is 23.1 Å². The highest BCUT2D eigenvalue weighted by atomic mass is 32.2. The minimum atomic E-state index is -3.49. The van der Waals surface area contributed by atoms with Gasteiger partial charge in [0.2, 0.25) is 10.0 Å². The van der Waals surface area contributed by atoms with E-state index in [0.29, 0.717) is 32.5 Å². The third-order valence-electron chi connectivity index (χ3n) is 7.32. The number of aromatic nitrogens is 2. The van der Waals surface area contributed by atoms with Gasteiger partial charge in [-0.1, -0.05) is 12.1 Å². The second-order valence-corrected chi connectivity index (χ2v) is 12.1. The number of nitrogens with zero attached hydrogens (tertiary/aromatic N) is 5. The SMILES string of the molecule is Cc1ccc(CN(CC(=O)O)C2(C)CCN(C(=O)n3ccc(NS(C)(=O)=O)n3)CC2)c(N2CCCC2)c1. The standard InChI is InChI=1S/C25H36N6O5S/c1-19-6-7-20(21(16-19)28-11-4-5-12-28)17-30(18-23(32)33)25(2)9-14-29(15-10-25)24(34)31-13-8-22(26-31)27-37(3,35)36/h6-8,13,16H,4-5,9-12,14-15,17-18H2,1-3H3,(H,26,27)(H,32,33). The molecule has 0 unspecified atom stereocenters. The smallest absolute Gasteiger partial charge is 0.344 e. The van der Waals surface area contributed by atoms with Crippen LogP contribution in [-0.4, -0.2) is 89.6 Å². The van der Waals surface area contributed by atoms with Crippen molar-refractivity contribution in [2.24, 2.45) is 0 Å². The van der Waals surface area contributed by atoms with Gasteiger partial charge in [-0.25, -0.2) is 13.2 Å². The Morgan fingerprint density at radius 2 is 1.81 bits per heavy atom. The molecule has 0 aliphatic carbocycles. The van der Waals surface area contributed by atoms with Gasteiger partial charge in [-0.15, -0.1) is 5.10 Å². The first-order valence-electron chi connectivity index (χ1n) is 12.6. The molecule has 1 aromatic heterocycles. The van der Waals surface area contributed by atoms with Crippen molar-refractivity contribution in [3.8, 4) is 0 Å². The van der Waals surface area contributed by atoms with Crippen LogP contribution in [0.2, 0.25) is 0 Å². The van der Waals surface area contributed by atoms with Gasteiger partial charge < -0.3 is 14.9 Å². The molecule has 0 spiro atoms. The zero-order valence-electron chi connectivity index (χ0n) is 21.7. The average Bonchev–Trinajstić information content (AvgIpc) is 3.51. The number of sulfonamides is 1. The molecular formula is C25H36N6O5S. The van der Waals surface area contributed by atoms with Crippen molar-refractivity contribution in [1.82, 2.24) is 19.6 Å². The monoisotopic (exact) mass is 532 g/mol. The first-order chi connectivity index (χ1) is 17.4. The first kappa shape index (κ1) is 26.9. The van der Waals surface area contributed by atoms with E-state index in [4.69, 9.17) is 0 Å². The molecule has 3 heterocycles. The van der Waals surface area contributed by atoms with Crippen molar-refractivity contribution in [2.45, 2.75) is 51.6 Å². The highest BCUT2D eigenvalue weighted by Crippen LogP contribution is 2.33. The predicted molar refractivity (Wildman–Crippen MR) is 141 cm³/mol. The van der Waals surface area contributed by atoms with E-state index in [2.05, 4.69) is 46.8 Å². The summed E-state index contributed by atoms with van der Waals surface area (Å²) in [6.45, 7) is 7.48. The Morgan fingerprint density at radius 3 is 2.43 bits per heavy atom. The van der Waals surface area contributed by atoms with Crippen molar-refractivity contribution in [1.29, 1.82) is 0 Å². The molecule has 2 aromatic rings. The molecule has 11 nitrogen and oxygen atoms in total. The number of benzene rings is 1. The molecule has 0 radical (unpaired) electrons. The van der Waals surface area contributed by atoms with E-state index in [1.165, 1.54) is 23.5 Å². The Bertz CT molecular complexity index is 1250. The molecule has 12 heteroatoms. The van der Waals surface area contributed by atoms with Crippen LogP contribution in [0.25, 0.3) is 0 Å². The maximum Gasteiger partial charge on any atom is 0.344 e. The predicted octanol–water partition coefficient (Wildman–Crippen LogP) is 2.57. The molecule has 4 rings (SSSR count). The van der Waals surface area contributed by atoms with Crippen LogP contribution < -0.4 is 9.62 Å². The van der Waals surface area contributed by atoms with E-state index in [1.807, 2.05) is 4.90 Å². The number of hydrogen-bond acceptors (Lipinski definition) is 7. The van der Waals surface area contributed by atoms with Gasteiger partial charge >= 0.3 is 12.0 Å². The van der Waals surface area contributed by atoms with E-state index in [0.717, 1.165) is 42.4 Å². The van der Waals surface area contributed by atoms with Crippen LogP contribution in [0.4, 0.5) is 16.3 Å². The lowest BCUT2D eigenvalue weighted by Gasteiger charge is -2.46. The minimum Gasteiger partial charge on any atom is -0.480 e. The molecule has 0 bridgehead atoms. The third kappa shape index (κ3) is 6.61. The molecule has 2 N–H and O–H groups in total. The number of piperidine rings is 1. The molecule has 2 aliphatic rings. The number of carboxylic acid groups (broad SMARTS) is 1. The second kappa shape index (κ2) is 10.7. The van der Waals surface area contributed by atoms with Crippen LogP contribution in [0.5, 0.6) is 0 Å². The number of carbonyl (C=O) groups is 2. The van der Waals surface area contributed by atoms with Gasteiger partial charge in [0.15, 0.2) is 5.82 Å². The molecule has 2 saturated heterocycles. The number of nitrogens with one attached hydrogen (secondary N) is 1. The van der Waals surface area contributed by atoms with Gasteiger partial charge in [0.05, 0.1) is 12.8 Å². The summed E-state index contributed by atoms with van der Waals surface area (Å²) >= 11 is 0. The number of carboxylic acids is 1. The number of amides is 1. The second-order valence-electron chi connectivity index (χ2n) is 10.4. The van der Waals surface area contributed by atoms with Gasteiger partial charge in [-0.3, -0.25) is 14.4 Å². The maximum absolute atomic E-state index is 13.0. The molecule has 1 aromatic carbocycles. The largest absolute Gasteiger partial charge is 0.480 e. The summed E-state index contributed by atoms with van der Waals surface area (Å²) in [5, 5.41) is 13.8. The lowest BCUT2D eigenvalue weighted by molar-refractivity contribution is -0.140. The van der Waals surface area contributed by atoms with E-state index >= 15 is 0 Å². The summed E-state index contributed by atoms with van der Waals surface area (Å²) in [5.74, 6) is -0.797. The number of likely N-dealkylation sites (tertiary alicyclic amines) is 1. The van der Waals surface area contributed by atoms with E-state index in [-0.39, 0.29) is 18.4 Å². The normalized spacial score (nSPS) is 17.8. The molecule has 2 aliphatic heterocycles. The molecule has 37 heavy (non-hydrogen) atoms. The number of anilines is 2. The Labute approximate surface area is 218 Å². The number of carbonyl (C=O) groups excluding carboxylic acids is 1. The number of aryl methyl sites for hydroxylation is 1. The number of rotatable bonds is 8. The Hall–Kier alpha value is -3.12. The topological polar surface area (TPSA) is 128 Å². The zero-order valence-corrected chi connectivity index (χ0v) is 22.5. The van der Waals surface area contributed by atoms with Crippen LogP contribution in [0.1, 0.15) is 43.7 Å². The van der Waals surface area contributed by atoms with Crippen molar-refractivity contribution in [2.75, 3.05) is 48.6 Å². The Kier molecular flexibility index (Phi) is 7.79. The van der Waals surface area contributed by atoms with E-state index in [1.54, 1.807) is 4.90 Å². The highest BCUT2D eigenvalue weighted by Gasteiger charge is 2.38.